The number of carboxylic acids is 1. The summed E-state index contributed by atoms with van der Waals surface area (Å²) in [6, 6.07) is 16.0. The number of aliphatic carboxylic acids is 1. The Morgan fingerprint density at radius 1 is 1.07 bits per heavy atom. The van der Waals surface area contributed by atoms with E-state index in [1.165, 1.54) is 0 Å². The maximum atomic E-state index is 14.1. The van der Waals surface area contributed by atoms with Gasteiger partial charge in [0.2, 0.25) is 5.82 Å². The standard InChI is InChI=1S/C31H36N6O3/c1-2-3-11-26-25(29(38)37-27(12-8-19-36(26)37)31(30(39)40)17-6-7-18-31)20-21-13-15-22(16-14-21)23-9-4-5-10-24(23)28-32-34-35-33-28/h4-5,9-10,13-16,27H,2-3,6-8,11-12,17-20H2,1H3,(H,39,40)(H,32,33,34,35). The fourth-order valence-electron chi connectivity index (χ4n) is 6.99. The zero-order chi connectivity index (χ0) is 27.7. The van der Waals surface area contributed by atoms with Gasteiger partial charge in [0, 0.05) is 29.8 Å². The first kappa shape index (κ1) is 26.2. The molecule has 4 aromatic rings. The van der Waals surface area contributed by atoms with E-state index in [0.717, 1.165) is 85.0 Å². The topological polar surface area (TPSA) is 119 Å². The van der Waals surface area contributed by atoms with Crippen LogP contribution in [-0.2, 0) is 24.2 Å². The predicted octanol–water partition coefficient (Wildman–Crippen LogP) is 5.41. The van der Waals surface area contributed by atoms with Gasteiger partial charge < -0.3 is 5.11 Å². The highest BCUT2D eigenvalue weighted by molar-refractivity contribution is 5.80. The van der Waals surface area contributed by atoms with Crippen molar-refractivity contribution in [3.63, 3.8) is 0 Å². The Hall–Kier alpha value is -4.01. The predicted molar refractivity (Wildman–Crippen MR) is 152 cm³/mol. The molecule has 2 aliphatic rings. The number of fused-ring (bicyclic) bond motifs is 1. The van der Waals surface area contributed by atoms with Crippen molar-refractivity contribution in [1.82, 2.24) is 30.0 Å². The molecule has 40 heavy (non-hydrogen) atoms. The summed E-state index contributed by atoms with van der Waals surface area (Å²) in [7, 11) is 0. The lowest BCUT2D eigenvalue weighted by Crippen LogP contribution is -2.45. The monoisotopic (exact) mass is 540 g/mol. The molecule has 0 spiro atoms. The molecule has 0 saturated heterocycles. The van der Waals surface area contributed by atoms with Crippen LogP contribution in [0, 0.1) is 5.41 Å². The minimum Gasteiger partial charge on any atom is -0.481 e. The summed E-state index contributed by atoms with van der Waals surface area (Å²) >= 11 is 0. The number of rotatable bonds is 9. The number of aromatic nitrogens is 6. The second-order valence-corrected chi connectivity index (χ2v) is 11.3. The molecule has 1 unspecified atom stereocenters. The van der Waals surface area contributed by atoms with E-state index in [1.807, 2.05) is 28.9 Å². The third kappa shape index (κ3) is 4.47. The maximum absolute atomic E-state index is 14.1. The van der Waals surface area contributed by atoms with Gasteiger partial charge in [-0.2, -0.15) is 5.21 Å². The molecule has 1 saturated carbocycles. The lowest BCUT2D eigenvalue weighted by molar-refractivity contribution is -0.153. The van der Waals surface area contributed by atoms with Crippen molar-refractivity contribution in [1.29, 1.82) is 0 Å². The molecule has 0 radical (unpaired) electrons. The first-order chi connectivity index (χ1) is 19.5. The number of carbonyl (C=O) groups is 1. The number of hydrogen-bond acceptors (Lipinski definition) is 5. The number of unbranched alkanes of at least 4 members (excludes halogenated alkanes) is 1. The molecule has 0 amide bonds. The Kier molecular flexibility index (Phi) is 7.12. The summed E-state index contributed by atoms with van der Waals surface area (Å²) in [6.45, 7) is 2.93. The van der Waals surface area contributed by atoms with Gasteiger partial charge in [-0.25, -0.2) is 4.68 Å². The van der Waals surface area contributed by atoms with Gasteiger partial charge >= 0.3 is 5.97 Å². The molecule has 2 aromatic heterocycles. The Balaban J connectivity index is 1.36. The van der Waals surface area contributed by atoms with Gasteiger partial charge in [-0.1, -0.05) is 74.7 Å². The Morgan fingerprint density at radius 2 is 1.82 bits per heavy atom. The molecule has 3 heterocycles. The van der Waals surface area contributed by atoms with Crippen molar-refractivity contribution in [2.24, 2.45) is 5.41 Å². The van der Waals surface area contributed by atoms with Crippen LogP contribution >= 0.6 is 0 Å². The quantitative estimate of drug-likeness (QED) is 0.293. The Bertz CT molecular complexity index is 1540. The van der Waals surface area contributed by atoms with Gasteiger partial charge in [-0.15, -0.1) is 10.2 Å². The summed E-state index contributed by atoms with van der Waals surface area (Å²) in [5.41, 5.74) is 5.06. The summed E-state index contributed by atoms with van der Waals surface area (Å²) < 4.78 is 4.01. The van der Waals surface area contributed by atoms with Crippen LogP contribution < -0.4 is 5.56 Å². The Labute approximate surface area is 233 Å². The normalized spacial score (nSPS) is 18.1. The summed E-state index contributed by atoms with van der Waals surface area (Å²) in [6.07, 6.45) is 8.17. The lowest BCUT2D eigenvalue weighted by atomic mass is 9.76. The number of hydrogen-bond donors (Lipinski definition) is 2. The molecule has 1 atom stereocenters. The van der Waals surface area contributed by atoms with Gasteiger partial charge in [-0.05, 0) is 60.4 Å². The first-order valence-electron chi connectivity index (χ1n) is 14.5. The number of nitrogens with one attached hydrogen (secondary N) is 1. The average Bonchev–Trinajstić information content (AvgIpc) is 3.74. The molecule has 1 aliphatic heterocycles. The third-order valence-corrected chi connectivity index (χ3v) is 9.01. The second kappa shape index (κ2) is 10.9. The molecule has 6 rings (SSSR count). The van der Waals surface area contributed by atoms with Crippen LogP contribution in [0.5, 0.6) is 0 Å². The second-order valence-electron chi connectivity index (χ2n) is 11.3. The summed E-state index contributed by atoms with van der Waals surface area (Å²) in [4.78, 5) is 26.7. The third-order valence-electron chi connectivity index (χ3n) is 9.01. The SMILES string of the molecule is CCCCc1c(Cc2ccc(-c3ccccc3-c3nn[nH]n3)cc2)c(=O)n2n1CCCC2C1(C(=O)O)CCCC1. The minimum atomic E-state index is -0.840. The highest BCUT2D eigenvalue weighted by atomic mass is 16.4. The van der Waals surface area contributed by atoms with Crippen molar-refractivity contribution in [3.05, 3.63) is 75.7 Å². The highest BCUT2D eigenvalue weighted by Crippen LogP contribution is 2.49. The average molecular weight is 541 g/mol. The highest BCUT2D eigenvalue weighted by Gasteiger charge is 2.51. The molecule has 1 fully saturated rings. The van der Waals surface area contributed by atoms with Gasteiger partial charge in [0.25, 0.3) is 5.56 Å². The minimum absolute atomic E-state index is 0.00476. The van der Waals surface area contributed by atoms with E-state index < -0.39 is 11.4 Å². The Morgan fingerprint density at radius 3 is 2.50 bits per heavy atom. The van der Waals surface area contributed by atoms with E-state index >= 15 is 0 Å². The molecule has 2 N–H and O–H groups in total. The van der Waals surface area contributed by atoms with Crippen LogP contribution in [0.15, 0.2) is 53.3 Å². The first-order valence-corrected chi connectivity index (χ1v) is 14.5. The number of tetrazole rings is 1. The van der Waals surface area contributed by atoms with Crippen molar-refractivity contribution in [2.75, 3.05) is 0 Å². The van der Waals surface area contributed by atoms with E-state index in [2.05, 4.69) is 56.5 Å². The van der Waals surface area contributed by atoms with E-state index in [9.17, 15) is 14.7 Å². The molecule has 208 valence electrons. The van der Waals surface area contributed by atoms with Crippen LogP contribution in [0.3, 0.4) is 0 Å². The largest absolute Gasteiger partial charge is 0.481 e. The zero-order valence-corrected chi connectivity index (χ0v) is 23.0. The van der Waals surface area contributed by atoms with Crippen LogP contribution in [-0.4, -0.2) is 41.1 Å². The van der Waals surface area contributed by atoms with Crippen LogP contribution in [0.2, 0.25) is 0 Å². The number of H-pyrrole nitrogens is 1. The lowest BCUT2D eigenvalue weighted by Gasteiger charge is -2.38. The van der Waals surface area contributed by atoms with E-state index in [-0.39, 0.29) is 11.6 Å². The van der Waals surface area contributed by atoms with Crippen molar-refractivity contribution >= 4 is 5.97 Å². The van der Waals surface area contributed by atoms with Crippen molar-refractivity contribution in [2.45, 2.75) is 83.7 Å². The van der Waals surface area contributed by atoms with Gasteiger partial charge in [-0.3, -0.25) is 14.3 Å². The molecular formula is C31H36N6O3. The van der Waals surface area contributed by atoms with E-state index in [1.54, 1.807) is 0 Å². The smallest absolute Gasteiger partial charge is 0.311 e. The van der Waals surface area contributed by atoms with E-state index in [4.69, 9.17) is 0 Å². The number of nitrogens with zero attached hydrogens (tertiary/aromatic N) is 5. The summed E-state index contributed by atoms with van der Waals surface area (Å²) in [5, 5.41) is 24.9. The van der Waals surface area contributed by atoms with Crippen molar-refractivity contribution < 1.29 is 9.90 Å². The molecular weight excluding hydrogens is 504 g/mol. The number of carboxylic acid groups (broad SMARTS) is 1. The fourth-order valence-corrected chi connectivity index (χ4v) is 6.99. The van der Waals surface area contributed by atoms with Crippen LogP contribution in [0.4, 0.5) is 0 Å². The van der Waals surface area contributed by atoms with Crippen LogP contribution in [0.1, 0.15) is 81.2 Å². The van der Waals surface area contributed by atoms with Gasteiger partial charge in [0.1, 0.15) is 0 Å². The molecule has 9 nitrogen and oxygen atoms in total. The number of aromatic amines is 1. The fraction of sp³-hybridized carbons (Fsp3) is 0.452. The van der Waals surface area contributed by atoms with Crippen molar-refractivity contribution in [3.8, 4) is 22.5 Å². The molecule has 2 aromatic carbocycles. The van der Waals surface area contributed by atoms with E-state index in [0.29, 0.717) is 25.1 Å². The molecule has 0 bridgehead atoms. The maximum Gasteiger partial charge on any atom is 0.311 e. The van der Waals surface area contributed by atoms with Gasteiger partial charge in [0.05, 0.1) is 11.5 Å². The van der Waals surface area contributed by atoms with Gasteiger partial charge in [0.15, 0.2) is 0 Å². The number of benzene rings is 2. The van der Waals surface area contributed by atoms with Crippen LogP contribution in [0.25, 0.3) is 22.5 Å². The zero-order valence-electron chi connectivity index (χ0n) is 23.0. The molecule has 1 aliphatic carbocycles. The summed E-state index contributed by atoms with van der Waals surface area (Å²) in [5.74, 6) is -0.200. The molecule has 9 heteroatoms.